The Kier molecular flexibility index (Phi) is 5.67. The minimum atomic E-state index is -0.837. The fourth-order valence-corrected chi connectivity index (χ4v) is 2.58. The van der Waals surface area contributed by atoms with E-state index < -0.39 is 11.8 Å². The number of ketones is 1. The maximum atomic E-state index is 12.5. The number of hydrogen-bond acceptors (Lipinski definition) is 3. The van der Waals surface area contributed by atoms with Crippen LogP contribution in [0.3, 0.4) is 0 Å². The Bertz CT molecular complexity index is 722. The molecule has 0 aliphatic rings. The van der Waals surface area contributed by atoms with Gasteiger partial charge in [-0.3, -0.25) is 4.79 Å². The van der Waals surface area contributed by atoms with Crippen LogP contribution in [-0.2, 0) is 6.42 Å². The van der Waals surface area contributed by atoms with Crippen molar-refractivity contribution in [3.05, 3.63) is 71.3 Å². The van der Waals surface area contributed by atoms with E-state index in [0.717, 1.165) is 12.0 Å². The number of Topliss-reactive ketones (excluding diaryl/α,β-unsaturated/α-hetero) is 1. The maximum Gasteiger partial charge on any atom is 0.163 e. The molecule has 0 heterocycles. The van der Waals surface area contributed by atoms with Gasteiger partial charge in [0.25, 0.3) is 0 Å². The lowest BCUT2D eigenvalue weighted by atomic mass is 9.83. The number of aryl methyl sites for hydroxylation is 1. The molecule has 3 heteroatoms. The van der Waals surface area contributed by atoms with Gasteiger partial charge in [0.05, 0.1) is 12.1 Å². The molecule has 0 aliphatic carbocycles. The molecule has 2 aromatic carbocycles. The van der Waals surface area contributed by atoms with Crippen molar-refractivity contribution >= 4 is 5.78 Å². The van der Waals surface area contributed by atoms with Crippen molar-refractivity contribution in [2.45, 2.75) is 25.7 Å². The van der Waals surface area contributed by atoms with Crippen LogP contribution in [0.5, 0.6) is 0 Å². The lowest BCUT2D eigenvalue weighted by Gasteiger charge is -2.17. The topological polar surface area (TPSA) is 64.7 Å². The van der Waals surface area contributed by atoms with Gasteiger partial charge in [-0.05, 0) is 17.5 Å². The number of hydrogen-bond donors (Lipinski definition) is 0. The fraction of sp³-hybridized carbons (Fsp3) is 0.250. The summed E-state index contributed by atoms with van der Waals surface area (Å²) >= 11 is 0. The van der Waals surface area contributed by atoms with E-state index in [-0.39, 0.29) is 12.2 Å². The largest absolute Gasteiger partial charge is 0.294 e. The summed E-state index contributed by atoms with van der Waals surface area (Å²) in [6.45, 7) is 2.06. The van der Waals surface area contributed by atoms with Crippen LogP contribution in [0.2, 0.25) is 0 Å². The summed E-state index contributed by atoms with van der Waals surface area (Å²) in [6, 6.07) is 20.8. The van der Waals surface area contributed by atoms with Gasteiger partial charge in [0.15, 0.2) is 5.78 Å². The van der Waals surface area contributed by atoms with Crippen LogP contribution >= 0.6 is 0 Å². The summed E-state index contributed by atoms with van der Waals surface area (Å²) in [5.74, 6) is -1.29. The van der Waals surface area contributed by atoms with Crippen LogP contribution in [0, 0.1) is 28.6 Å². The molecule has 0 amide bonds. The molecule has 0 aromatic heterocycles. The number of nitriles is 2. The third-order valence-corrected chi connectivity index (χ3v) is 4.00. The summed E-state index contributed by atoms with van der Waals surface area (Å²) in [6.07, 6.45) is 1.08. The molecular weight excluding hydrogens is 284 g/mol. The number of benzene rings is 2. The molecule has 114 valence electrons. The van der Waals surface area contributed by atoms with E-state index >= 15 is 0 Å². The zero-order valence-corrected chi connectivity index (χ0v) is 13.1. The predicted octanol–water partition coefficient (Wildman–Crippen LogP) is 4.27. The summed E-state index contributed by atoms with van der Waals surface area (Å²) in [7, 11) is 0. The molecule has 0 saturated carbocycles. The Balaban J connectivity index is 2.25. The van der Waals surface area contributed by atoms with Crippen molar-refractivity contribution in [2.24, 2.45) is 5.92 Å². The van der Waals surface area contributed by atoms with Gasteiger partial charge in [-0.2, -0.15) is 10.5 Å². The van der Waals surface area contributed by atoms with Crippen LogP contribution in [0.25, 0.3) is 0 Å². The molecule has 1 atom stereocenters. The van der Waals surface area contributed by atoms with Gasteiger partial charge in [0, 0.05) is 17.9 Å². The van der Waals surface area contributed by atoms with Crippen molar-refractivity contribution in [3.8, 4) is 12.1 Å². The quantitative estimate of drug-likeness (QED) is 0.748. The third kappa shape index (κ3) is 4.05. The van der Waals surface area contributed by atoms with E-state index in [9.17, 15) is 15.3 Å². The molecule has 23 heavy (non-hydrogen) atoms. The van der Waals surface area contributed by atoms with Crippen LogP contribution < -0.4 is 0 Å². The van der Waals surface area contributed by atoms with E-state index in [1.165, 1.54) is 5.56 Å². The van der Waals surface area contributed by atoms with Crippen molar-refractivity contribution in [3.63, 3.8) is 0 Å². The molecular formula is C20H18N2O. The van der Waals surface area contributed by atoms with Gasteiger partial charge in [-0.1, -0.05) is 61.5 Å². The van der Waals surface area contributed by atoms with Crippen LogP contribution in [0.1, 0.15) is 40.7 Å². The lowest BCUT2D eigenvalue weighted by Crippen LogP contribution is -2.15. The van der Waals surface area contributed by atoms with Crippen molar-refractivity contribution in [2.75, 3.05) is 0 Å². The Labute approximate surface area is 136 Å². The van der Waals surface area contributed by atoms with Crippen molar-refractivity contribution in [1.82, 2.24) is 0 Å². The van der Waals surface area contributed by atoms with Gasteiger partial charge < -0.3 is 0 Å². The van der Waals surface area contributed by atoms with E-state index in [0.29, 0.717) is 5.56 Å². The van der Waals surface area contributed by atoms with Gasteiger partial charge in [0.2, 0.25) is 0 Å². The second kappa shape index (κ2) is 7.92. The minimum Gasteiger partial charge on any atom is -0.294 e. The molecule has 0 fully saturated rings. The molecule has 2 aromatic rings. The first-order valence-corrected chi connectivity index (χ1v) is 7.66. The van der Waals surface area contributed by atoms with Crippen molar-refractivity contribution < 1.29 is 4.79 Å². The van der Waals surface area contributed by atoms with E-state index in [1.54, 1.807) is 0 Å². The highest BCUT2D eigenvalue weighted by molar-refractivity contribution is 5.96. The number of carbonyl (C=O) groups is 1. The summed E-state index contributed by atoms with van der Waals surface area (Å²) in [5, 5.41) is 18.5. The second-order valence-corrected chi connectivity index (χ2v) is 5.43. The fourth-order valence-electron chi connectivity index (χ4n) is 2.58. The summed E-state index contributed by atoms with van der Waals surface area (Å²) < 4.78 is 0. The number of rotatable bonds is 6. The predicted molar refractivity (Wildman–Crippen MR) is 88.7 cm³/mol. The first-order valence-electron chi connectivity index (χ1n) is 7.66. The van der Waals surface area contributed by atoms with Crippen LogP contribution in [0.4, 0.5) is 0 Å². The normalized spacial score (nSPS) is 11.5. The van der Waals surface area contributed by atoms with Crippen LogP contribution in [-0.4, -0.2) is 5.78 Å². The zero-order chi connectivity index (χ0) is 16.7. The average molecular weight is 302 g/mol. The van der Waals surface area contributed by atoms with Crippen LogP contribution in [0.15, 0.2) is 54.6 Å². The SMILES string of the molecule is CCc1ccc(C(=O)C[C@H](c2ccccc2)C(C#N)C#N)cc1. The molecule has 0 bridgehead atoms. The summed E-state index contributed by atoms with van der Waals surface area (Å²) in [5.41, 5.74) is 2.64. The van der Waals surface area contributed by atoms with Crippen molar-refractivity contribution in [1.29, 1.82) is 10.5 Å². The Morgan fingerprint density at radius 3 is 2.13 bits per heavy atom. The highest BCUT2D eigenvalue weighted by Gasteiger charge is 2.26. The minimum absolute atomic E-state index is 0.0444. The second-order valence-electron chi connectivity index (χ2n) is 5.43. The number of nitrogens with zero attached hydrogens (tertiary/aromatic N) is 2. The Morgan fingerprint density at radius 1 is 1.00 bits per heavy atom. The monoisotopic (exact) mass is 302 g/mol. The Hall–Kier alpha value is -2.91. The molecule has 3 nitrogen and oxygen atoms in total. The van der Waals surface area contributed by atoms with Gasteiger partial charge >= 0.3 is 0 Å². The lowest BCUT2D eigenvalue weighted by molar-refractivity contribution is 0.0971. The zero-order valence-electron chi connectivity index (χ0n) is 13.1. The smallest absolute Gasteiger partial charge is 0.163 e. The molecule has 0 N–H and O–H groups in total. The highest BCUT2D eigenvalue weighted by atomic mass is 16.1. The standard InChI is InChI=1S/C20H18N2O/c1-2-15-8-10-17(11-9-15)20(23)12-19(18(13-21)14-22)16-6-4-3-5-7-16/h3-11,18-19H,2,12H2,1H3/t19-/m1/s1. The third-order valence-electron chi connectivity index (χ3n) is 4.00. The molecule has 2 rings (SSSR count). The van der Waals surface area contributed by atoms with E-state index in [4.69, 9.17) is 0 Å². The molecule has 0 saturated heterocycles. The average Bonchev–Trinajstić information content (AvgIpc) is 2.62. The van der Waals surface area contributed by atoms with E-state index in [1.807, 2.05) is 66.7 Å². The van der Waals surface area contributed by atoms with Gasteiger partial charge in [-0.15, -0.1) is 0 Å². The highest BCUT2D eigenvalue weighted by Crippen LogP contribution is 2.29. The summed E-state index contributed by atoms with van der Waals surface area (Å²) in [4.78, 5) is 12.5. The first kappa shape index (κ1) is 16.5. The molecule has 0 radical (unpaired) electrons. The van der Waals surface area contributed by atoms with E-state index in [2.05, 4.69) is 6.92 Å². The maximum absolute atomic E-state index is 12.5. The van der Waals surface area contributed by atoms with Gasteiger partial charge in [0.1, 0.15) is 5.92 Å². The number of carbonyl (C=O) groups excluding carboxylic acids is 1. The Morgan fingerprint density at radius 2 is 1.61 bits per heavy atom. The molecule has 0 aliphatic heterocycles. The molecule has 0 spiro atoms. The first-order chi connectivity index (χ1) is 11.2. The van der Waals surface area contributed by atoms with Gasteiger partial charge in [-0.25, -0.2) is 0 Å². The molecule has 0 unspecified atom stereocenters.